The lowest BCUT2D eigenvalue weighted by molar-refractivity contribution is 0.186. The van der Waals surface area contributed by atoms with Gasteiger partial charge in [0.1, 0.15) is 17.7 Å². The summed E-state index contributed by atoms with van der Waals surface area (Å²) in [5.41, 5.74) is 0.929. The van der Waals surface area contributed by atoms with Gasteiger partial charge in [-0.25, -0.2) is 8.78 Å². The minimum absolute atomic E-state index is 0.000445. The highest BCUT2D eigenvalue weighted by Gasteiger charge is 2.14. The second kappa shape index (κ2) is 6.66. The molecule has 21 heavy (non-hydrogen) atoms. The summed E-state index contributed by atoms with van der Waals surface area (Å²) >= 11 is 3.26. The van der Waals surface area contributed by atoms with Crippen molar-refractivity contribution in [3.63, 3.8) is 0 Å². The molecular weight excluding hydrogens is 342 g/mol. The summed E-state index contributed by atoms with van der Waals surface area (Å²) in [4.78, 5) is 0. The van der Waals surface area contributed by atoms with E-state index in [0.717, 1.165) is 16.6 Å². The van der Waals surface area contributed by atoms with Gasteiger partial charge in [-0.1, -0.05) is 22.0 Å². The maximum absolute atomic E-state index is 13.5. The Morgan fingerprint density at radius 3 is 2.67 bits per heavy atom. The molecule has 2 aromatic rings. The summed E-state index contributed by atoms with van der Waals surface area (Å²) in [5, 5.41) is 21.9. The lowest BCUT2D eigenvalue weighted by Gasteiger charge is -2.15. The zero-order chi connectivity index (χ0) is 15.4. The van der Waals surface area contributed by atoms with Crippen LogP contribution in [0.25, 0.3) is 0 Å². The average molecular weight is 353 g/mol. The summed E-state index contributed by atoms with van der Waals surface area (Å²) in [6.07, 6.45) is -1.15. The third kappa shape index (κ3) is 3.78. The number of nitrogens with one attached hydrogen (secondary N) is 1. The Balaban J connectivity index is 2.11. The molecule has 0 radical (unpaired) electrons. The number of hydrogen-bond donors (Lipinski definition) is 2. The maximum Gasteiger partial charge on any atom is 0.131 e. The second-order valence-electron chi connectivity index (χ2n) is 4.36. The molecule has 6 heteroatoms. The SMILES string of the molecule is N#Cc1cc(Br)ccc1NCC(O)c1ccc(F)cc1F. The Hall–Kier alpha value is -1.97. The molecule has 1 atom stereocenters. The van der Waals surface area contributed by atoms with Crippen LogP contribution in [-0.4, -0.2) is 11.7 Å². The van der Waals surface area contributed by atoms with Crippen LogP contribution < -0.4 is 5.32 Å². The van der Waals surface area contributed by atoms with Gasteiger partial charge in [0.25, 0.3) is 0 Å². The zero-order valence-electron chi connectivity index (χ0n) is 10.8. The van der Waals surface area contributed by atoms with E-state index in [1.165, 1.54) is 6.07 Å². The molecule has 0 aliphatic carbocycles. The van der Waals surface area contributed by atoms with E-state index < -0.39 is 17.7 Å². The van der Waals surface area contributed by atoms with Crippen LogP contribution in [0.3, 0.4) is 0 Å². The van der Waals surface area contributed by atoms with Crippen LogP contribution in [0, 0.1) is 23.0 Å². The molecule has 108 valence electrons. The third-order valence-electron chi connectivity index (χ3n) is 2.91. The van der Waals surface area contributed by atoms with E-state index in [-0.39, 0.29) is 12.1 Å². The first-order chi connectivity index (χ1) is 10.0. The number of hydrogen-bond acceptors (Lipinski definition) is 3. The van der Waals surface area contributed by atoms with Gasteiger partial charge in [0, 0.05) is 22.6 Å². The Labute approximate surface area is 129 Å². The first kappa shape index (κ1) is 15.4. The van der Waals surface area contributed by atoms with Gasteiger partial charge in [-0.3, -0.25) is 0 Å². The van der Waals surface area contributed by atoms with E-state index in [1.807, 2.05) is 6.07 Å². The summed E-state index contributed by atoms with van der Waals surface area (Å²) in [5.74, 6) is -1.50. The summed E-state index contributed by atoms with van der Waals surface area (Å²) in [6, 6.07) is 10.1. The molecule has 0 amide bonds. The Bertz CT molecular complexity index is 701. The van der Waals surface area contributed by atoms with Crippen LogP contribution >= 0.6 is 15.9 Å². The fraction of sp³-hybridized carbons (Fsp3) is 0.133. The lowest BCUT2D eigenvalue weighted by atomic mass is 10.1. The van der Waals surface area contributed by atoms with Crippen LogP contribution in [-0.2, 0) is 0 Å². The smallest absolute Gasteiger partial charge is 0.131 e. The van der Waals surface area contributed by atoms with Gasteiger partial charge in [0.2, 0.25) is 0 Å². The number of aliphatic hydroxyl groups is 1. The standard InChI is InChI=1S/C15H11BrF2N2O/c16-10-1-4-14(9(5-10)7-19)20-8-15(21)12-3-2-11(17)6-13(12)18/h1-6,15,20-21H,8H2. The van der Waals surface area contributed by atoms with Gasteiger partial charge in [0.05, 0.1) is 17.4 Å². The lowest BCUT2D eigenvalue weighted by Crippen LogP contribution is -2.14. The Morgan fingerprint density at radius 2 is 2.00 bits per heavy atom. The molecule has 2 rings (SSSR count). The highest BCUT2D eigenvalue weighted by molar-refractivity contribution is 9.10. The highest BCUT2D eigenvalue weighted by atomic mass is 79.9. The van der Waals surface area contributed by atoms with Crippen molar-refractivity contribution in [2.45, 2.75) is 6.10 Å². The van der Waals surface area contributed by atoms with Crippen molar-refractivity contribution in [1.29, 1.82) is 5.26 Å². The van der Waals surface area contributed by atoms with E-state index in [9.17, 15) is 13.9 Å². The molecule has 0 bridgehead atoms. The van der Waals surface area contributed by atoms with E-state index in [2.05, 4.69) is 21.2 Å². The third-order valence-corrected chi connectivity index (χ3v) is 3.40. The van der Waals surface area contributed by atoms with E-state index >= 15 is 0 Å². The second-order valence-corrected chi connectivity index (χ2v) is 5.28. The monoisotopic (exact) mass is 352 g/mol. The summed E-state index contributed by atoms with van der Waals surface area (Å²) in [6.45, 7) is -0.00113. The average Bonchev–Trinajstić information content (AvgIpc) is 2.45. The van der Waals surface area contributed by atoms with Crippen molar-refractivity contribution >= 4 is 21.6 Å². The Morgan fingerprint density at radius 1 is 1.24 bits per heavy atom. The van der Waals surface area contributed by atoms with Gasteiger partial charge in [0.15, 0.2) is 0 Å². The van der Waals surface area contributed by atoms with Crippen LogP contribution in [0.2, 0.25) is 0 Å². The quantitative estimate of drug-likeness (QED) is 0.880. The molecule has 1 unspecified atom stereocenters. The highest BCUT2D eigenvalue weighted by Crippen LogP contribution is 2.22. The molecule has 0 heterocycles. The maximum atomic E-state index is 13.5. The topological polar surface area (TPSA) is 56.0 Å². The van der Waals surface area contributed by atoms with Gasteiger partial charge in [-0.2, -0.15) is 5.26 Å². The molecule has 0 spiro atoms. The number of anilines is 1. The van der Waals surface area contributed by atoms with Crippen LogP contribution in [0.1, 0.15) is 17.2 Å². The number of rotatable bonds is 4. The number of aliphatic hydroxyl groups excluding tert-OH is 1. The van der Waals surface area contributed by atoms with Crippen molar-refractivity contribution in [2.24, 2.45) is 0 Å². The van der Waals surface area contributed by atoms with Gasteiger partial charge < -0.3 is 10.4 Å². The molecule has 2 N–H and O–H groups in total. The minimum atomic E-state index is -1.15. The van der Waals surface area contributed by atoms with Crippen LogP contribution in [0.5, 0.6) is 0 Å². The number of nitrogens with zero attached hydrogens (tertiary/aromatic N) is 1. The first-order valence-corrected chi connectivity index (χ1v) is 6.87. The van der Waals surface area contributed by atoms with Crippen molar-refractivity contribution in [2.75, 3.05) is 11.9 Å². The fourth-order valence-corrected chi connectivity index (χ4v) is 2.21. The Kier molecular flexibility index (Phi) is 4.89. The summed E-state index contributed by atoms with van der Waals surface area (Å²) < 4.78 is 27.1. The fourth-order valence-electron chi connectivity index (χ4n) is 1.85. The van der Waals surface area contributed by atoms with Crippen molar-refractivity contribution in [3.05, 3.63) is 63.6 Å². The molecule has 0 fully saturated rings. The van der Waals surface area contributed by atoms with Gasteiger partial charge in [-0.05, 0) is 24.3 Å². The molecule has 0 aliphatic heterocycles. The molecule has 0 aliphatic rings. The minimum Gasteiger partial charge on any atom is -0.386 e. The van der Waals surface area contributed by atoms with Crippen molar-refractivity contribution in [1.82, 2.24) is 0 Å². The number of benzene rings is 2. The van der Waals surface area contributed by atoms with E-state index in [0.29, 0.717) is 11.3 Å². The first-order valence-electron chi connectivity index (χ1n) is 6.08. The van der Waals surface area contributed by atoms with E-state index in [4.69, 9.17) is 5.26 Å². The van der Waals surface area contributed by atoms with E-state index in [1.54, 1.807) is 18.2 Å². The predicted molar refractivity (Wildman–Crippen MR) is 78.7 cm³/mol. The molecule has 0 saturated heterocycles. The van der Waals surface area contributed by atoms with Gasteiger partial charge >= 0.3 is 0 Å². The summed E-state index contributed by atoms with van der Waals surface area (Å²) in [7, 11) is 0. The number of halogens is 3. The normalized spacial score (nSPS) is 11.8. The van der Waals surface area contributed by atoms with Crippen LogP contribution in [0.15, 0.2) is 40.9 Å². The molecular formula is C15H11BrF2N2O. The zero-order valence-corrected chi connectivity index (χ0v) is 12.4. The largest absolute Gasteiger partial charge is 0.386 e. The predicted octanol–water partition coefficient (Wildman–Crippen LogP) is 3.74. The molecule has 0 aromatic heterocycles. The molecule has 2 aromatic carbocycles. The van der Waals surface area contributed by atoms with Crippen molar-refractivity contribution < 1.29 is 13.9 Å². The van der Waals surface area contributed by atoms with Crippen LogP contribution in [0.4, 0.5) is 14.5 Å². The molecule has 0 saturated carbocycles. The number of nitriles is 1. The van der Waals surface area contributed by atoms with Crippen molar-refractivity contribution in [3.8, 4) is 6.07 Å². The van der Waals surface area contributed by atoms with Gasteiger partial charge in [-0.15, -0.1) is 0 Å². The molecule has 3 nitrogen and oxygen atoms in total.